The molecule has 10 heteroatoms. The molecule has 1 saturated carbocycles. The Morgan fingerprint density at radius 1 is 1.18 bits per heavy atom. The van der Waals surface area contributed by atoms with Crippen LogP contribution >= 0.6 is 11.3 Å². The molecule has 3 atom stereocenters. The lowest BCUT2D eigenvalue weighted by atomic mass is 9.67. The van der Waals surface area contributed by atoms with Gasteiger partial charge in [0, 0.05) is 36.5 Å². The Morgan fingerprint density at radius 2 is 1.93 bits per heavy atom. The normalized spacial score (nSPS) is 22.5. The van der Waals surface area contributed by atoms with Crippen LogP contribution in [0, 0.1) is 17.2 Å². The third-order valence-corrected chi connectivity index (χ3v) is 11.4. The molecular formula is C34H38FN5O3S. The molecule has 44 heavy (non-hydrogen) atoms. The molecule has 0 bridgehead atoms. The Balaban J connectivity index is 1.28. The van der Waals surface area contributed by atoms with Crippen molar-refractivity contribution in [3.63, 3.8) is 0 Å². The number of aromatic amines is 1. The van der Waals surface area contributed by atoms with Gasteiger partial charge in [-0.2, -0.15) is 0 Å². The summed E-state index contributed by atoms with van der Waals surface area (Å²) in [5.41, 5.74) is 10.9. The number of fused-ring (bicyclic) bond motifs is 2. The maximum atomic E-state index is 14.1. The van der Waals surface area contributed by atoms with Crippen LogP contribution < -0.4 is 11.3 Å². The predicted molar refractivity (Wildman–Crippen MR) is 169 cm³/mol. The van der Waals surface area contributed by atoms with Crippen LogP contribution in [0.1, 0.15) is 83.9 Å². The lowest BCUT2D eigenvalue weighted by molar-refractivity contribution is 0.0802. The van der Waals surface area contributed by atoms with Gasteiger partial charge in [-0.1, -0.05) is 42.5 Å². The molecule has 1 aliphatic heterocycles. The summed E-state index contributed by atoms with van der Waals surface area (Å²) in [6, 6.07) is 11.7. The molecule has 1 amide bonds. The van der Waals surface area contributed by atoms with E-state index in [2.05, 4.69) is 40.0 Å². The Morgan fingerprint density at radius 3 is 2.61 bits per heavy atom. The molecule has 4 aromatic rings. The van der Waals surface area contributed by atoms with Crippen molar-refractivity contribution in [1.82, 2.24) is 19.9 Å². The van der Waals surface area contributed by atoms with Crippen molar-refractivity contribution in [2.45, 2.75) is 69.8 Å². The van der Waals surface area contributed by atoms with Crippen LogP contribution in [0.3, 0.4) is 0 Å². The van der Waals surface area contributed by atoms with E-state index in [-0.39, 0.29) is 22.9 Å². The molecule has 2 unspecified atom stereocenters. The van der Waals surface area contributed by atoms with Crippen LogP contribution in [-0.4, -0.2) is 56.6 Å². The summed E-state index contributed by atoms with van der Waals surface area (Å²) in [6.45, 7) is 5.11. The van der Waals surface area contributed by atoms with E-state index in [4.69, 9.17) is 10.7 Å². The van der Waals surface area contributed by atoms with E-state index in [1.165, 1.54) is 41.4 Å². The van der Waals surface area contributed by atoms with Gasteiger partial charge in [0.2, 0.25) is 0 Å². The Bertz CT molecular complexity index is 1760. The number of likely N-dealkylation sites (tertiary alicyclic amines) is 1. The van der Waals surface area contributed by atoms with Gasteiger partial charge in [0.05, 0.1) is 6.10 Å². The first-order valence-electron chi connectivity index (χ1n) is 15.7. The molecule has 7 rings (SSSR count). The summed E-state index contributed by atoms with van der Waals surface area (Å²) in [4.78, 5) is 38.9. The molecule has 2 aliphatic carbocycles. The van der Waals surface area contributed by atoms with E-state index in [0.29, 0.717) is 16.9 Å². The summed E-state index contributed by atoms with van der Waals surface area (Å²) < 4.78 is 14.1. The number of aromatic nitrogens is 3. The van der Waals surface area contributed by atoms with Gasteiger partial charge in [0.1, 0.15) is 10.3 Å². The summed E-state index contributed by atoms with van der Waals surface area (Å²) in [5, 5.41) is 10.4. The number of nitrogens with one attached hydrogen (secondary N) is 1. The van der Waals surface area contributed by atoms with Gasteiger partial charge in [0.25, 0.3) is 11.5 Å². The smallest absolute Gasteiger partial charge is 0.283 e. The molecule has 3 aromatic heterocycles. The number of hydrogen-bond donors (Lipinski definition) is 3. The predicted octanol–water partition coefficient (Wildman–Crippen LogP) is 5.36. The maximum Gasteiger partial charge on any atom is 0.283 e. The molecule has 1 aromatic carbocycles. The number of aliphatic hydroxyl groups excluding tert-OH is 1. The van der Waals surface area contributed by atoms with Crippen LogP contribution in [0.15, 0.2) is 47.4 Å². The molecular weight excluding hydrogens is 577 g/mol. The molecule has 1 saturated heterocycles. The topological polar surface area (TPSA) is 125 Å². The molecule has 8 nitrogen and oxygen atoms in total. The second kappa shape index (κ2) is 11.5. The number of thiazole rings is 1. The van der Waals surface area contributed by atoms with Crippen LogP contribution in [0.2, 0.25) is 0 Å². The lowest BCUT2D eigenvalue weighted by Gasteiger charge is -2.39. The number of halogens is 1. The number of carbonyl (C=O) groups is 1. The van der Waals surface area contributed by atoms with Crippen molar-refractivity contribution in [2.24, 2.45) is 17.1 Å². The Labute approximate surface area is 259 Å². The SMILES string of the molecule is CC1(C2Cc3cc4nc(C(N)=O)sc4nc3C([C@@H](CCN3CCC(O)CC3)c3ccc(-c4c[nH]c(=O)c(F)c4)cc3)C2)CC1. The first-order valence-corrected chi connectivity index (χ1v) is 16.5. The Kier molecular flexibility index (Phi) is 7.63. The number of piperidine rings is 1. The summed E-state index contributed by atoms with van der Waals surface area (Å²) >= 11 is 1.26. The standard InChI is InChI=1S/C34H38FN5O3S/c1-34(9-10-34)23-14-21-16-28-32(44-33(38-28)30(36)42)39-29(21)26(17-23)25(8-13-40-11-6-24(41)7-12-40)20-4-2-19(3-5-20)22-15-27(35)31(43)37-18-22/h2-5,15-16,18,23-26,41H,6-14,17H2,1H3,(H2,36,42)(H,37,43)/t23?,25-,26?/m0/s1. The highest BCUT2D eigenvalue weighted by molar-refractivity contribution is 7.19. The minimum atomic E-state index is -0.797. The molecule has 2 fully saturated rings. The van der Waals surface area contributed by atoms with Gasteiger partial charge in [-0.25, -0.2) is 14.4 Å². The fourth-order valence-electron chi connectivity index (χ4n) is 7.38. The fourth-order valence-corrected chi connectivity index (χ4v) is 8.16. The molecule has 0 radical (unpaired) electrons. The minimum Gasteiger partial charge on any atom is -0.393 e. The third-order valence-electron chi connectivity index (χ3n) is 10.4. The van der Waals surface area contributed by atoms with Gasteiger partial charge in [-0.15, -0.1) is 0 Å². The molecule has 230 valence electrons. The number of hydrogen-bond acceptors (Lipinski definition) is 7. The van der Waals surface area contributed by atoms with Crippen LogP contribution in [0.25, 0.3) is 21.5 Å². The number of nitrogens with zero attached hydrogens (tertiary/aromatic N) is 3. The number of aliphatic hydroxyl groups is 1. The highest BCUT2D eigenvalue weighted by Crippen LogP contribution is 2.59. The highest BCUT2D eigenvalue weighted by Gasteiger charge is 2.48. The summed E-state index contributed by atoms with van der Waals surface area (Å²) in [7, 11) is 0. The quantitative estimate of drug-likeness (QED) is 0.245. The van der Waals surface area contributed by atoms with Crippen molar-refractivity contribution >= 4 is 27.6 Å². The van der Waals surface area contributed by atoms with Crippen molar-refractivity contribution in [2.75, 3.05) is 19.6 Å². The highest BCUT2D eigenvalue weighted by atomic mass is 32.1. The third kappa shape index (κ3) is 5.71. The van der Waals surface area contributed by atoms with E-state index >= 15 is 0 Å². The minimum absolute atomic E-state index is 0.177. The van der Waals surface area contributed by atoms with Crippen molar-refractivity contribution in [3.05, 3.63) is 80.6 Å². The molecule has 4 N–H and O–H groups in total. The number of pyridine rings is 2. The molecule has 3 aliphatic rings. The Hall–Kier alpha value is -3.47. The number of carbonyl (C=O) groups excluding carboxylic acids is 1. The first kappa shape index (κ1) is 29.3. The van der Waals surface area contributed by atoms with E-state index in [9.17, 15) is 19.1 Å². The van der Waals surface area contributed by atoms with Gasteiger partial charge in [0.15, 0.2) is 10.8 Å². The van der Waals surface area contributed by atoms with Crippen LogP contribution in [-0.2, 0) is 6.42 Å². The average molecular weight is 616 g/mol. The number of rotatable bonds is 8. The van der Waals surface area contributed by atoms with E-state index < -0.39 is 17.3 Å². The second-order valence-electron chi connectivity index (χ2n) is 13.3. The van der Waals surface area contributed by atoms with Gasteiger partial charge in [-0.05, 0) is 97.6 Å². The number of nitrogens with two attached hydrogens (primary N) is 1. The number of amides is 1. The first-order chi connectivity index (χ1) is 21.2. The molecule has 0 spiro atoms. The van der Waals surface area contributed by atoms with E-state index in [0.717, 1.165) is 73.3 Å². The van der Waals surface area contributed by atoms with Crippen LogP contribution in [0.5, 0.6) is 0 Å². The van der Waals surface area contributed by atoms with Crippen molar-refractivity contribution in [1.29, 1.82) is 0 Å². The van der Waals surface area contributed by atoms with Crippen molar-refractivity contribution in [3.8, 4) is 11.1 Å². The lowest BCUT2D eigenvalue weighted by Crippen LogP contribution is -2.37. The number of primary amides is 1. The average Bonchev–Trinajstić information content (AvgIpc) is 3.63. The van der Waals surface area contributed by atoms with Crippen LogP contribution in [0.4, 0.5) is 4.39 Å². The largest absolute Gasteiger partial charge is 0.393 e. The van der Waals surface area contributed by atoms with Crippen molar-refractivity contribution < 1.29 is 14.3 Å². The molecule has 4 heterocycles. The zero-order chi connectivity index (χ0) is 30.6. The number of H-pyrrole nitrogens is 1. The van der Waals surface area contributed by atoms with Gasteiger partial charge >= 0.3 is 0 Å². The van der Waals surface area contributed by atoms with E-state index in [1.807, 2.05) is 12.1 Å². The zero-order valence-corrected chi connectivity index (χ0v) is 25.7. The zero-order valence-electron chi connectivity index (χ0n) is 24.9. The maximum absolute atomic E-state index is 14.1. The van der Waals surface area contributed by atoms with Gasteiger partial charge in [-0.3, -0.25) is 9.59 Å². The fraction of sp³-hybridized carbons (Fsp3) is 0.471. The summed E-state index contributed by atoms with van der Waals surface area (Å²) in [6.07, 6.45) is 8.35. The van der Waals surface area contributed by atoms with Gasteiger partial charge < -0.3 is 20.7 Å². The van der Waals surface area contributed by atoms with E-state index in [1.54, 1.807) is 6.20 Å². The second-order valence-corrected chi connectivity index (χ2v) is 14.3. The monoisotopic (exact) mass is 615 g/mol. The summed E-state index contributed by atoms with van der Waals surface area (Å²) in [5.74, 6) is -0.436. The number of benzene rings is 1.